The number of carbonyl (C=O) groups excluding carboxylic acids is 1. The predicted molar refractivity (Wildman–Crippen MR) is 53.0 cm³/mol. The lowest BCUT2D eigenvalue weighted by Crippen LogP contribution is -2.21. The molecule has 0 fully saturated rings. The molecule has 0 aliphatic carbocycles. The van der Waals surface area contributed by atoms with Crippen LogP contribution in [0.15, 0.2) is 29.3 Å². The Kier molecular flexibility index (Phi) is 3.03. The van der Waals surface area contributed by atoms with E-state index in [9.17, 15) is 4.79 Å². The molecular weight excluding hydrogens is 166 g/mol. The van der Waals surface area contributed by atoms with Crippen LogP contribution in [-0.4, -0.2) is 19.3 Å². The molecule has 0 aliphatic heterocycles. The lowest BCUT2D eigenvalue weighted by atomic mass is 10.2. The number of hydrogen-bond donors (Lipinski definition) is 2. The quantitative estimate of drug-likeness (QED) is 0.400. The minimum atomic E-state index is 0.346. The molecule has 0 saturated heterocycles. The molecular formula is C9H11N3O. The van der Waals surface area contributed by atoms with Crippen LogP contribution in [0.1, 0.15) is 10.4 Å². The van der Waals surface area contributed by atoms with Gasteiger partial charge in [0.15, 0.2) is 5.96 Å². The van der Waals surface area contributed by atoms with Crippen molar-refractivity contribution in [1.29, 1.82) is 0 Å². The number of nitrogens with zero attached hydrogens (tertiary/aromatic N) is 1. The van der Waals surface area contributed by atoms with Gasteiger partial charge >= 0.3 is 0 Å². The first-order chi connectivity index (χ1) is 6.26. The zero-order valence-corrected chi connectivity index (χ0v) is 7.32. The molecule has 0 atom stereocenters. The Labute approximate surface area is 76.5 Å². The van der Waals surface area contributed by atoms with Gasteiger partial charge < -0.3 is 11.1 Å². The second kappa shape index (κ2) is 4.25. The second-order valence-electron chi connectivity index (χ2n) is 2.47. The third-order valence-electron chi connectivity index (χ3n) is 1.56. The minimum absolute atomic E-state index is 0.346. The molecule has 68 valence electrons. The van der Waals surface area contributed by atoms with E-state index >= 15 is 0 Å². The molecule has 0 unspecified atom stereocenters. The first kappa shape index (κ1) is 9.25. The van der Waals surface area contributed by atoms with Crippen LogP contribution in [0.3, 0.4) is 0 Å². The van der Waals surface area contributed by atoms with Crippen molar-refractivity contribution >= 4 is 17.9 Å². The Bertz CT molecular complexity index is 316. The molecule has 13 heavy (non-hydrogen) atoms. The summed E-state index contributed by atoms with van der Waals surface area (Å²) in [6.45, 7) is 0. The van der Waals surface area contributed by atoms with Crippen molar-refractivity contribution in [3.63, 3.8) is 0 Å². The van der Waals surface area contributed by atoms with E-state index in [2.05, 4.69) is 10.3 Å². The van der Waals surface area contributed by atoms with Gasteiger partial charge in [-0.2, -0.15) is 0 Å². The highest BCUT2D eigenvalue weighted by Gasteiger charge is 1.93. The van der Waals surface area contributed by atoms with E-state index in [0.717, 1.165) is 12.0 Å². The lowest BCUT2D eigenvalue weighted by molar-refractivity contribution is 0.112. The van der Waals surface area contributed by atoms with Crippen LogP contribution in [0, 0.1) is 0 Å². The van der Waals surface area contributed by atoms with Crippen LogP contribution >= 0.6 is 0 Å². The van der Waals surface area contributed by atoms with Crippen molar-refractivity contribution in [3.8, 4) is 0 Å². The molecule has 3 N–H and O–H groups in total. The molecule has 4 heteroatoms. The van der Waals surface area contributed by atoms with Gasteiger partial charge in [0.2, 0.25) is 0 Å². The number of nitrogens with one attached hydrogen (secondary N) is 1. The van der Waals surface area contributed by atoms with Crippen molar-refractivity contribution in [2.24, 2.45) is 10.7 Å². The van der Waals surface area contributed by atoms with E-state index in [-0.39, 0.29) is 0 Å². The minimum Gasteiger partial charge on any atom is -0.370 e. The maximum atomic E-state index is 10.3. The van der Waals surface area contributed by atoms with Gasteiger partial charge in [-0.05, 0) is 24.3 Å². The summed E-state index contributed by atoms with van der Waals surface area (Å²) in [6.07, 6.45) is 0.793. The number of aldehydes is 1. The first-order valence-corrected chi connectivity index (χ1v) is 3.81. The summed E-state index contributed by atoms with van der Waals surface area (Å²) in [5.74, 6) is 0.346. The Balaban J connectivity index is 2.75. The highest BCUT2D eigenvalue weighted by molar-refractivity contribution is 5.92. The maximum Gasteiger partial charge on any atom is 0.192 e. The Morgan fingerprint density at radius 2 is 2.08 bits per heavy atom. The highest BCUT2D eigenvalue weighted by Crippen LogP contribution is 2.07. The smallest absolute Gasteiger partial charge is 0.192 e. The lowest BCUT2D eigenvalue weighted by Gasteiger charge is -2.03. The van der Waals surface area contributed by atoms with Gasteiger partial charge in [0.1, 0.15) is 6.29 Å². The number of benzene rings is 1. The molecule has 0 aliphatic rings. The number of hydrogen-bond acceptors (Lipinski definition) is 2. The van der Waals surface area contributed by atoms with Crippen molar-refractivity contribution in [2.75, 3.05) is 12.4 Å². The summed E-state index contributed by atoms with van der Waals surface area (Å²) in [4.78, 5) is 14.1. The van der Waals surface area contributed by atoms with E-state index in [0.29, 0.717) is 11.5 Å². The Hall–Kier alpha value is -1.84. The maximum absolute atomic E-state index is 10.3. The molecule has 0 aromatic heterocycles. The normalized spacial score (nSPS) is 11.0. The predicted octanol–water partition coefficient (Wildman–Crippen LogP) is 0.855. The number of carbonyl (C=O) groups is 1. The van der Waals surface area contributed by atoms with Gasteiger partial charge in [-0.3, -0.25) is 9.79 Å². The monoisotopic (exact) mass is 177 g/mol. The summed E-state index contributed by atoms with van der Waals surface area (Å²) in [5, 5.41) is 2.85. The van der Waals surface area contributed by atoms with Gasteiger partial charge in [-0.15, -0.1) is 0 Å². The molecule has 0 saturated carbocycles. The van der Waals surface area contributed by atoms with Crippen LogP contribution in [0.4, 0.5) is 5.69 Å². The van der Waals surface area contributed by atoms with Crippen molar-refractivity contribution in [3.05, 3.63) is 29.8 Å². The van der Waals surface area contributed by atoms with Gasteiger partial charge in [0.25, 0.3) is 0 Å². The van der Waals surface area contributed by atoms with E-state index in [4.69, 9.17) is 5.73 Å². The zero-order valence-electron chi connectivity index (χ0n) is 7.32. The standard InChI is InChI=1S/C9H11N3O/c1-11-9(10)12-8-4-2-7(6-13)3-5-8/h2-6H,1H3,(H3,10,11,12). The highest BCUT2D eigenvalue weighted by atomic mass is 16.1. The second-order valence-corrected chi connectivity index (χ2v) is 2.47. The van der Waals surface area contributed by atoms with Crippen molar-refractivity contribution in [2.45, 2.75) is 0 Å². The van der Waals surface area contributed by atoms with Crippen LogP contribution in [-0.2, 0) is 0 Å². The average Bonchev–Trinajstić information content (AvgIpc) is 2.19. The number of rotatable bonds is 2. The van der Waals surface area contributed by atoms with Gasteiger partial charge in [-0.1, -0.05) is 0 Å². The summed E-state index contributed by atoms with van der Waals surface area (Å²) >= 11 is 0. The number of nitrogens with two attached hydrogens (primary N) is 1. The van der Waals surface area contributed by atoms with Crippen LogP contribution in [0.2, 0.25) is 0 Å². The Morgan fingerprint density at radius 1 is 1.46 bits per heavy atom. The van der Waals surface area contributed by atoms with Gasteiger partial charge in [-0.25, -0.2) is 0 Å². The molecule has 0 radical (unpaired) electrons. The van der Waals surface area contributed by atoms with E-state index in [1.54, 1.807) is 31.3 Å². The molecule has 4 nitrogen and oxygen atoms in total. The number of anilines is 1. The fourth-order valence-electron chi connectivity index (χ4n) is 0.849. The number of guanidine groups is 1. The van der Waals surface area contributed by atoms with Crippen LogP contribution in [0.25, 0.3) is 0 Å². The summed E-state index contributed by atoms with van der Waals surface area (Å²) in [5.41, 5.74) is 6.90. The molecule has 1 aromatic carbocycles. The first-order valence-electron chi connectivity index (χ1n) is 3.81. The fraction of sp³-hybridized carbons (Fsp3) is 0.111. The Morgan fingerprint density at radius 3 is 2.54 bits per heavy atom. The van der Waals surface area contributed by atoms with Crippen LogP contribution < -0.4 is 11.1 Å². The zero-order chi connectivity index (χ0) is 9.68. The molecule has 1 aromatic rings. The van der Waals surface area contributed by atoms with E-state index < -0.39 is 0 Å². The molecule has 0 spiro atoms. The molecule has 1 rings (SSSR count). The molecule has 0 bridgehead atoms. The third kappa shape index (κ3) is 2.59. The number of aliphatic imine (C=N–C) groups is 1. The van der Waals surface area contributed by atoms with E-state index in [1.165, 1.54) is 0 Å². The average molecular weight is 177 g/mol. The molecule has 0 heterocycles. The largest absolute Gasteiger partial charge is 0.370 e. The fourth-order valence-corrected chi connectivity index (χ4v) is 0.849. The van der Waals surface area contributed by atoms with Crippen molar-refractivity contribution in [1.82, 2.24) is 0 Å². The topological polar surface area (TPSA) is 67.5 Å². The van der Waals surface area contributed by atoms with E-state index in [1.807, 2.05) is 0 Å². The van der Waals surface area contributed by atoms with Gasteiger partial charge in [0, 0.05) is 18.3 Å². The van der Waals surface area contributed by atoms with Crippen molar-refractivity contribution < 1.29 is 4.79 Å². The van der Waals surface area contributed by atoms with Gasteiger partial charge in [0.05, 0.1) is 0 Å². The summed E-state index contributed by atoms with van der Waals surface area (Å²) in [6, 6.07) is 6.94. The SMILES string of the molecule is CN=C(N)Nc1ccc(C=O)cc1. The summed E-state index contributed by atoms with van der Waals surface area (Å²) < 4.78 is 0. The summed E-state index contributed by atoms with van der Waals surface area (Å²) in [7, 11) is 1.60. The van der Waals surface area contributed by atoms with Crippen LogP contribution in [0.5, 0.6) is 0 Å². The third-order valence-corrected chi connectivity index (χ3v) is 1.56. The molecule has 0 amide bonds.